The molecule has 140 valence electrons. The highest BCUT2D eigenvalue weighted by Crippen LogP contribution is 2.26. The van der Waals surface area contributed by atoms with Crippen molar-refractivity contribution >= 4 is 5.91 Å². The van der Waals surface area contributed by atoms with Crippen LogP contribution in [0.2, 0.25) is 0 Å². The molecule has 1 amide bonds. The smallest absolute Gasteiger partial charge is 0.234 e. The molecule has 1 saturated carbocycles. The van der Waals surface area contributed by atoms with Crippen molar-refractivity contribution in [2.45, 2.75) is 45.3 Å². The summed E-state index contributed by atoms with van der Waals surface area (Å²) in [5.41, 5.74) is 1.08. The lowest BCUT2D eigenvalue weighted by molar-refractivity contribution is -0.123. The lowest BCUT2D eigenvalue weighted by atomic mass is 9.96. The van der Waals surface area contributed by atoms with Crippen molar-refractivity contribution in [2.24, 2.45) is 11.8 Å². The Balaban J connectivity index is 1.90. The average molecular weight is 348 g/mol. The maximum atomic E-state index is 12.5. The average Bonchev–Trinajstić information content (AvgIpc) is 2.97. The van der Waals surface area contributed by atoms with Crippen molar-refractivity contribution in [3.8, 4) is 5.75 Å². The first-order valence-corrected chi connectivity index (χ1v) is 9.20. The highest BCUT2D eigenvalue weighted by Gasteiger charge is 2.27. The third-order valence-electron chi connectivity index (χ3n) is 5.04. The second-order valence-electron chi connectivity index (χ2n) is 7.52. The number of rotatable bonds is 8. The fourth-order valence-electron chi connectivity index (χ4n) is 3.61. The molecule has 1 aliphatic carbocycles. The van der Waals surface area contributed by atoms with Crippen molar-refractivity contribution in [3.05, 3.63) is 29.8 Å². The van der Waals surface area contributed by atoms with Gasteiger partial charge in [-0.15, -0.1) is 0 Å². The molecule has 1 aromatic carbocycles. The molecule has 1 aromatic rings. The number of likely N-dealkylation sites (N-methyl/N-ethyl adjacent to an activating group) is 1. The standard InChI is InChI=1S/C20H32N2O3/c1-14(2)20(15-8-10-17(25-4)11-9-15)21-19(24)13-22(3)12-16-6-5-7-18(16)23/h8-11,14,16,18,20,23H,5-7,12-13H2,1-4H3,(H,21,24). The summed E-state index contributed by atoms with van der Waals surface area (Å²) in [6.07, 6.45) is 2.80. The Bertz CT molecular complexity index is 544. The van der Waals surface area contributed by atoms with Crippen LogP contribution in [-0.4, -0.2) is 49.3 Å². The van der Waals surface area contributed by atoms with Crippen molar-refractivity contribution in [3.63, 3.8) is 0 Å². The Morgan fingerprint density at radius 3 is 2.52 bits per heavy atom. The molecule has 3 atom stereocenters. The van der Waals surface area contributed by atoms with Crippen LogP contribution in [0.4, 0.5) is 0 Å². The van der Waals surface area contributed by atoms with E-state index in [2.05, 4.69) is 19.2 Å². The Labute approximate surface area is 151 Å². The van der Waals surface area contributed by atoms with Crippen molar-refractivity contribution in [1.29, 1.82) is 0 Å². The Morgan fingerprint density at radius 2 is 2.00 bits per heavy atom. The van der Waals surface area contributed by atoms with Gasteiger partial charge in [0.15, 0.2) is 0 Å². The molecule has 0 aromatic heterocycles. The minimum absolute atomic E-state index is 0.0181. The molecule has 3 unspecified atom stereocenters. The van der Waals surface area contributed by atoms with E-state index in [1.54, 1.807) is 7.11 Å². The van der Waals surface area contributed by atoms with Gasteiger partial charge in [0, 0.05) is 6.54 Å². The van der Waals surface area contributed by atoms with E-state index >= 15 is 0 Å². The SMILES string of the molecule is COc1ccc(C(NC(=O)CN(C)CC2CCCC2O)C(C)C)cc1. The number of aliphatic hydroxyl groups excluding tert-OH is 1. The number of aliphatic hydroxyl groups is 1. The first kappa shape index (κ1) is 19.7. The topological polar surface area (TPSA) is 61.8 Å². The van der Waals surface area contributed by atoms with Crippen LogP contribution in [0.3, 0.4) is 0 Å². The lowest BCUT2D eigenvalue weighted by Gasteiger charge is -2.26. The van der Waals surface area contributed by atoms with Gasteiger partial charge in [0.05, 0.1) is 25.8 Å². The first-order valence-electron chi connectivity index (χ1n) is 9.20. The third-order valence-corrected chi connectivity index (χ3v) is 5.04. The van der Waals surface area contributed by atoms with Gasteiger partial charge in [-0.2, -0.15) is 0 Å². The monoisotopic (exact) mass is 348 g/mol. The second kappa shape index (κ2) is 9.20. The number of nitrogens with one attached hydrogen (secondary N) is 1. The number of hydrogen-bond acceptors (Lipinski definition) is 4. The summed E-state index contributed by atoms with van der Waals surface area (Å²) in [6.45, 7) is 5.33. The predicted octanol–water partition coefficient (Wildman–Crippen LogP) is 2.60. The molecule has 25 heavy (non-hydrogen) atoms. The van der Waals surface area contributed by atoms with E-state index in [1.807, 2.05) is 36.2 Å². The number of carbonyl (C=O) groups excluding carboxylic acids is 1. The number of benzene rings is 1. The molecule has 5 nitrogen and oxygen atoms in total. The van der Waals surface area contributed by atoms with E-state index in [-0.39, 0.29) is 18.1 Å². The molecular weight excluding hydrogens is 316 g/mol. The Kier molecular flexibility index (Phi) is 7.26. The molecule has 2 rings (SSSR count). The zero-order valence-corrected chi connectivity index (χ0v) is 15.9. The molecule has 0 spiro atoms. The van der Waals surface area contributed by atoms with Crippen LogP contribution in [0.5, 0.6) is 5.75 Å². The number of carbonyl (C=O) groups is 1. The summed E-state index contributed by atoms with van der Waals surface area (Å²) in [5.74, 6) is 1.41. The fraction of sp³-hybridized carbons (Fsp3) is 0.650. The van der Waals surface area contributed by atoms with Crippen LogP contribution in [0, 0.1) is 11.8 Å². The summed E-state index contributed by atoms with van der Waals surface area (Å²) in [4.78, 5) is 14.5. The highest BCUT2D eigenvalue weighted by atomic mass is 16.5. The maximum Gasteiger partial charge on any atom is 0.234 e. The van der Waals surface area contributed by atoms with Gasteiger partial charge in [-0.3, -0.25) is 9.69 Å². The van der Waals surface area contributed by atoms with E-state index in [9.17, 15) is 9.90 Å². The van der Waals surface area contributed by atoms with Gasteiger partial charge >= 0.3 is 0 Å². The number of methoxy groups -OCH3 is 1. The first-order chi connectivity index (χ1) is 11.9. The summed E-state index contributed by atoms with van der Waals surface area (Å²) in [7, 11) is 3.59. The number of ether oxygens (including phenoxy) is 1. The zero-order chi connectivity index (χ0) is 18.4. The molecular formula is C20H32N2O3. The summed E-state index contributed by atoms with van der Waals surface area (Å²) in [5, 5.41) is 13.1. The summed E-state index contributed by atoms with van der Waals surface area (Å²) < 4.78 is 5.20. The summed E-state index contributed by atoms with van der Waals surface area (Å²) in [6, 6.07) is 7.82. The minimum Gasteiger partial charge on any atom is -0.497 e. The predicted molar refractivity (Wildman–Crippen MR) is 99.6 cm³/mol. The van der Waals surface area contributed by atoms with Gasteiger partial charge in [0.25, 0.3) is 0 Å². The molecule has 5 heteroatoms. The van der Waals surface area contributed by atoms with Gasteiger partial charge in [0.1, 0.15) is 5.75 Å². The Morgan fingerprint density at radius 1 is 1.32 bits per heavy atom. The quantitative estimate of drug-likeness (QED) is 0.758. The second-order valence-corrected chi connectivity index (χ2v) is 7.52. The molecule has 0 heterocycles. The van der Waals surface area contributed by atoms with Crippen LogP contribution in [0.1, 0.15) is 44.7 Å². The van der Waals surface area contributed by atoms with Crippen LogP contribution in [0.15, 0.2) is 24.3 Å². The van der Waals surface area contributed by atoms with Crippen LogP contribution in [-0.2, 0) is 4.79 Å². The van der Waals surface area contributed by atoms with Crippen LogP contribution >= 0.6 is 0 Å². The van der Waals surface area contributed by atoms with E-state index in [0.717, 1.165) is 37.1 Å². The lowest BCUT2D eigenvalue weighted by Crippen LogP contribution is -2.41. The van der Waals surface area contributed by atoms with E-state index in [0.29, 0.717) is 18.4 Å². The van der Waals surface area contributed by atoms with Crippen molar-refractivity contribution in [2.75, 3.05) is 27.2 Å². The van der Waals surface area contributed by atoms with Gasteiger partial charge in [-0.25, -0.2) is 0 Å². The van der Waals surface area contributed by atoms with Crippen molar-refractivity contribution < 1.29 is 14.6 Å². The van der Waals surface area contributed by atoms with Gasteiger partial charge in [0.2, 0.25) is 5.91 Å². The molecule has 2 N–H and O–H groups in total. The highest BCUT2D eigenvalue weighted by molar-refractivity contribution is 5.78. The number of amides is 1. The number of nitrogens with zero attached hydrogens (tertiary/aromatic N) is 1. The van der Waals surface area contributed by atoms with E-state index in [4.69, 9.17) is 4.74 Å². The summed E-state index contributed by atoms with van der Waals surface area (Å²) >= 11 is 0. The molecule has 0 bridgehead atoms. The molecule has 0 saturated heterocycles. The van der Waals surface area contributed by atoms with Crippen molar-refractivity contribution in [1.82, 2.24) is 10.2 Å². The molecule has 1 fully saturated rings. The minimum atomic E-state index is -0.215. The van der Waals surface area contributed by atoms with Gasteiger partial charge < -0.3 is 15.2 Å². The molecule has 1 aliphatic rings. The molecule has 0 radical (unpaired) electrons. The van der Waals surface area contributed by atoms with Gasteiger partial charge in [-0.05, 0) is 49.4 Å². The zero-order valence-electron chi connectivity index (χ0n) is 15.9. The van der Waals surface area contributed by atoms with E-state index < -0.39 is 0 Å². The molecule has 0 aliphatic heterocycles. The maximum absolute atomic E-state index is 12.5. The largest absolute Gasteiger partial charge is 0.497 e. The normalized spacial score (nSPS) is 21.6. The van der Waals surface area contributed by atoms with Crippen LogP contribution < -0.4 is 10.1 Å². The third kappa shape index (κ3) is 5.72. The van der Waals surface area contributed by atoms with Gasteiger partial charge in [-0.1, -0.05) is 32.4 Å². The number of hydrogen-bond donors (Lipinski definition) is 2. The van der Waals surface area contributed by atoms with E-state index in [1.165, 1.54) is 0 Å². The van der Waals surface area contributed by atoms with Crippen LogP contribution in [0.25, 0.3) is 0 Å². The Hall–Kier alpha value is -1.59. The fourth-order valence-corrected chi connectivity index (χ4v) is 3.61.